The highest BCUT2D eigenvalue weighted by atomic mass is 16.5. The van der Waals surface area contributed by atoms with E-state index < -0.39 is 0 Å². The van der Waals surface area contributed by atoms with E-state index in [1.807, 2.05) is 12.1 Å². The number of hydrogen-bond donors (Lipinski definition) is 1. The zero-order valence-electron chi connectivity index (χ0n) is 14.0. The molecule has 1 N–H and O–H groups in total. The van der Waals surface area contributed by atoms with E-state index in [2.05, 4.69) is 15.4 Å². The van der Waals surface area contributed by atoms with Crippen LogP contribution in [0.5, 0.6) is 11.5 Å². The highest BCUT2D eigenvalue weighted by Crippen LogP contribution is 2.33. The van der Waals surface area contributed by atoms with Crippen LogP contribution < -0.4 is 14.8 Å². The molecule has 1 fully saturated rings. The Labute approximate surface area is 140 Å². The molecule has 24 heavy (non-hydrogen) atoms. The molecule has 0 amide bonds. The van der Waals surface area contributed by atoms with Crippen LogP contribution in [0.4, 0.5) is 5.95 Å². The number of ether oxygens (including phenoxy) is 2. The van der Waals surface area contributed by atoms with Crippen LogP contribution in [-0.4, -0.2) is 39.8 Å². The number of rotatable bonds is 4. The van der Waals surface area contributed by atoms with Gasteiger partial charge in [0.2, 0.25) is 5.95 Å². The van der Waals surface area contributed by atoms with Gasteiger partial charge in [0.1, 0.15) is 6.33 Å². The maximum Gasteiger partial charge on any atom is 0.226 e. The van der Waals surface area contributed by atoms with E-state index in [9.17, 15) is 0 Å². The van der Waals surface area contributed by atoms with Crippen LogP contribution in [0.3, 0.4) is 0 Å². The SMILES string of the molecule is COc1cc2nc(NC3CCCCC3)n3ncnc3c2cc1OC. The molecule has 1 aliphatic carbocycles. The average Bonchev–Trinajstić information content (AvgIpc) is 3.12. The number of anilines is 1. The lowest BCUT2D eigenvalue weighted by molar-refractivity contribution is 0.356. The van der Waals surface area contributed by atoms with Crippen molar-refractivity contribution < 1.29 is 9.47 Å². The van der Waals surface area contributed by atoms with E-state index in [0.717, 1.165) is 22.5 Å². The highest BCUT2D eigenvalue weighted by Gasteiger charge is 2.18. The van der Waals surface area contributed by atoms with Gasteiger partial charge < -0.3 is 14.8 Å². The average molecular weight is 327 g/mol. The van der Waals surface area contributed by atoms with Crippen LogP contribution in [-0.2, 0) is 0 Å². The fourth-order valence-corrected chi connectivity index (χ4v) is 3.40. The Morgan fingerprint density at radius 1 is 1.08 bits per heavy atom. The minimum atomic E-state index is 0.441. The first-order valence-electron chi connectivity index (χ1n) is 8.32. The lowest BCUT2D eigenvalue weighted by atomic mass is 9.96. The third kappa shape index (κ3) is 2.50. The predicted molar refractivity (Wildman–Crippen MR) is 91.9 cm³/mol. The lowest BCUT2D eigenvalue weighted by Crippen LogP contribution is -2.24. The summed E-state index contributed by atoms with van der Waals surface area (Å²) in [6, 6.07) is 4.22. The van der Waals surface area contributed by atoms with Crippen molar-refractivity contribution in [3.63, 3.8) is 0 Å². The Balaban J connectivity index is 1.85. The molecular weight excluding hydrogens is 306 g/mol. The van der Waals surface area contributed by atoms with E-state index in [4.69, 9.17) is 14.5 Å². The first kappa shape index (κ1) is 15.0. The van der Waals surface area contributed by atoms with E-state index in [1.54, 1.807) is 25.1 Å². The van der Waals surface area contributed by atoms with Crippen molar-refractivity contribution in [2.24, 2.45) is 0 Å². The molecule has 126 valence electrons. The maximum atomic E-state index is 5.40. The number of aromatic nitrogens is 4. The second kappa shape index (κ2) is 6.14. The van der Waals surface area contributed by atoms with Gasteiger partial charge in [-0.25, -0.2) is 9.97 Å². The molecule has 7 heteroatoms. The van der Waals surface area contributed by atoms with Crippen LogP contribution in [0, 0.1) is 0 Å². The molecule has 1 aliphatic rings. The number of benzene rings is 1. The zero-order valence-corrected chi connectivity index (χ0v) is 14.0. The Morgan fingerprint density at radius 2 is 1.83 bits per heavy atom. The molecule has 7 nitrogen and oxygen atoms in total. The van der Waals surface area contributed by atoms with Crippen molar-refractivity contribution in [2.45, 2.75) is 38.1 Å². The van der Waals surface area contributed by atoms with Crippen LogP contribution >= 0.6 is 0 Å². The van der Waals surface area contributed by atoms with Gasteiger partial charge in [0.25, 0.3) is 0 Å². The van der Waals surface area contributed by atoms with E-state index in [1.165, 1.54) is 32.1 Å². The van der Waals surface area contributed by atoms with E-state index >= 15 is 0 Å². The molecule has 1 aromatic carbocycles. The van der Waals surface area contributed by atoms with Crippen molar-refractivity contribution in [1.82, 2.24) is 19.6 Å². The quantitative estimate of drug-likeness (QED) is 0.794. The first-order chi connectivity index (χ1) is 11.8. The second-order valence-corrected chi connectivity index (χ2v) is 6.13. The summed E-state index contributed by atoms with van der Waals surface area (Å²) in [7, 11) is 3.25. The van der Waals surface area contributed by atoms with Crippen LogP contribution in [0.2, 0.25) is 0 Å². The van der Waals surface area contributed by atoms with Crippen LogP contribution in [0.15, 0.2) is 18.5 Å². The molecular formula is C17H21N5O2. The monoisotopic (exact) mass is 327 g/mol. The fraction of sp³-hybridized carbons (Fsp3) is 0.471. The Morgan fingerprint density at radius 3 is 2.58 bits per heavy atom. The molecule has 0 radical (unpaired) electrons. The summed E-state index contributed by atoms with van der Waals surface area (Å²) in [4.78, 5) is 9.17. The third-order valence-corrected chi connectivity index (χ3v) is 4.66. The molecule has 0 atom stereocenters. The number of nitrogens with zero attached hydrogens (tertiary/aromatic N) is 4. The standard InChI is InChI=1S/C17H21N5O2/c1-23-14-8-12-13(9-15(14)24-2)21-17(22-16(12)18-10-19-22)20-11-6-4-3-5-7-11/h8-11H,3-7H2,1-2H3,(H,20,21). The molecule has 0 unspecified atom stereocenters. The first-order valence-corrected chi connectivity index (χ1v) is 8.32. The summed E-state index contributed by atoms with van der Waals surface area (Å²) in [5.41, 5.74) is 1.57. The van der Waals surface area contributed by atoms with Crippen molar-refractivity contribution in [3.8, 4) is 11.5 Å². The number of nitrogens with one attached hydrogen (secondary N) is 1. The summed E-state index contributed by atoms with van der Waals surface area (Å²) in [6.07, 6.45) is 7.73. The van der Waals surface area contributed by atoms with Gasteiger partial charge >= 0.3 is 0 Å². The van der Waals surface area contributed by atoms with Gasteiger partial charge in [-0.15, -0.1) is 0 Å². The summed E-state index contributed by atoms with van der Waals surface area (Å²) in [6.45, 7) is 0. The molecule has 2 heterocycles. The number of fused-ring (bicyclic) bond motifs is 3. The van der Waals surface area contributed by atoms with Crippen molar-refractivity contribution in [1.29, 1.82) is 0 Å². The smallest absolute Gasteiger partial charge is 0.226 e. The molecule has 3 aromatic rings. The maximum absolute atomic E-state index is 5.40. The highest BCUT2D eigenvalue weighted by molar-refractivity contribution is 5.94. The van der Waals surface area contributed by atoms with Crippen LogP contribution in [0.1, 0.15) is 32.1 Å². The summed E-state index contributed by atoms with van der Waals surface area (Å²) < 4.78 is 12.6. The second-order valence-electron chi connectivity index (χ2n) is 6.13. The molecule has 0 aliphatic heterocycles. The zero-order chi connectivity index (χ0) is 16.5. The van der Waals surface area contributed by atoms with Crippen molar-refractivity contribution in [2.75, 3.05) is 19.5 Å². The van der Waals surface area contributed by atoms with Gasteiger partial charge in [0, 0.05) is 17.5 Å². The number of methoxy groups -OCH3 is 2. The fourth-order valence-electron chi connectivity index (χ4n) is 3.40. The van der Waals surface area contributed by atoms with E-state index in [-0.39, 0.29) is 0 Å². The Hall–Kier alpha value is -2.57. The number of hydrogen-bond acceptors (Lipinski definition) is 6. The van der Waals surface area contributed by atoms with Gasteiger partial charge in [-0.3, -0.25) is 0 Å². The topological polar surface area (TPSA) is 73.6 Å². The van der Waals surface area contributed by atoms with Gasteiger partial charge in [-0.2, -0.15) is 9.61 Å². The summed E-state index contributed by atoms with van der Waals surface area (Å²) >= 11 is 0. The largest absolute Gasteiger partial charge is 0.493 e. The van der Waals surface area contributed by atoms with E-state index in [0.29, 0.717) is 17.5 Å². The molecule has 1 saturated carbocycles. The molecule has 0 bridgehead atoms. The Kier molecular flexibility index (Phi) is 3.84. The van der Waals surface area contributed by atoms with Gasteiger partial charge in [0.15, 0.2) is 17.1 Å². The summed E-state index contributed by atoms with van der Waals surface area (Å²) in [5, 5.41) is 8.77. The minimum Gasteiger partial charge on any atom is -0.493 e. The lowest BCUT2D eigenvalue weighted by Gasteiger charge is -2.23. The third-order valence-electron chi connectivity index (χ3n) is 4.66. The minimum absolute atomic E-state index is 0.441. The summed E-state index contributed by atoms with van der Waals surface area (Å²) in [5.74, 6) is 2.05. The van der Waals surface area contributed by atoms with Crippen molar-refractivity contribution in [3.05, 3.63) is 18.5 Å². The molecule has 2 aromatic heterocycles. The van der Waals surface area contributed by atoms with Gasteiger partial charge in [0.05, 0.1) is 19.7 Å². The van der Waals surface area contributed by atoms with Crippen LogP contribution in [0.25, 0.3) is 16.6 Å². The molecule has 0 saturated heterocycles. The predicted octanol–water partition coefficient (Wildman–Crippen LogP) is 3.04. The van der Waals surface area contributed by atoms with Crippen molar-refractivity contribution >= 4 is 22.5 Å². The van der Waals surface area contributed by atoms with Gasteiger partial charge in [-0.05, 0) is 18.9 Å². The Bertz CT molecular complexity index is 870. The normalized spacial score (nSPS) is 15.8. The van der Waals surface area contributed by atoms with Gasteiger partial charge in [-0.1, -0.05) is 19.3 Å². The molecule has 4 rings (SSSR count). The molecule has 0 spiro atoms.